The van der Waals surface area contributed by atoms with E-state index in [0.717, 1.165) is 28.0 Å². The van der Waals surface area contributed by atoms with E-state index in [1.54, 1.807) is 6.33 Å². The van der Waals surface area contributed by atoms with Crippen molar-refractivity contribution in [2.24, 2.45) is 5.41 Å². The molecule has 0 unspecified atom stereocenters. The second-order valence-corrected chi connectivity index (χ2v) is 5.82. The van der Waals surface area contributed by atoms with Crippen molar-refractivity contribution >= 4 is 16.9 Å². The maximum atomic E-state index is 11.9. The lowest BCUT2D eigenvalue weighted by Crippen LogP contribution is -2.34. The minimum Gasteiger partial charge on any atom is -0.351 e. The van der Waals surface area contributed by atoms with Crippen LogP contribution in [0.15, 0.2) is 6.33 Å². The molecule has 2 N–H and O–H groups in total. The molecule has 2 aromatic heterocycles. The Balaban J connectivity index is 2.31. The van der Waals surface area contributed by atoms with Crippen LogP contribution in [0, 0.1) is 19.3 Å². The number of hydrogen-bond acceptors (Lipinski definition) is 3. The van der Waals surface area contributed by atoms with Crippen LogP contribution in [-0.4, -0.2) is 20.9 Å². The number of aromatic nitrogens is 3. The number of H-pyrrole nitrogens is 1. The quantitative estimate of drug-likeness (QED) is 0.870. The number of imidazole rings is 1. The first kappa shape index (κ1) is 13.5. The summed E-state index contributed by atoms with van der Waals surface area (Å²) in [4.78, 5) is 23.8. The molecule has 0 aromatic carbocycles. The molecule has 2 heterocycles. The average Bonchev–Trinajstić information content (AvgIpc) is 2.76. The summed E-state index contributed by atoms with van der Waals surface area (Å²) in [5.41, 5.74) is 4.24. The molecule has 0 aliphatic rings. The lowest BCUT2D eigenvalue weighted by Gasteiger charge is -2.18. The van der Waals surface area contributed by atoms with Crippen molar-refractivity contribution in [3.05, 3.63) is 23.3 Å². The van der Waals surface area contributed by atoms with Gasteiger partial charge in [0.25, 0.3) is 0 Å². The number of nitrogens with one attached hydrogen (secondary N) is 2. The molecule has 0 aliphatic carbocycles. The number of amides is 1. The van der Waals surface area contributed by atoms with E-state index in [4.69, 9.17) is 0 Å². The van der Waals surface area contributed by atoms with Gasteiger partial charge in [0.05, 0.1) is 23.1 Å². The van der Waals surface area contributed by atoms with Crippen molar-refractivity contribution in [2.75, 3.05) is 0 Å². The molecule has 0 bridgehead atoms. The summed E-state index contributed by atoms with van der Waals surface area (Å²) >= 11 is 0. The molecule has 2 aromatic rings. The highest BCUT2D eigenvalue weighted by molar-refractivity contribution is 5.83. The molecule has 19 heavy (non-hydrogen) atoms. The fourth-order valence-corrected chi connectivity index (χ4v) is 1.99. The predicted octanol–water partition coefficient (Wildman–Crippen LogP) is 2.24. The van der Waals surface area contributed by atoms with E-state index in [1.165, 1.54) is 0 Å². The van der Waals surface area contributed by atoms with Crippen LogP contribution >= 0.6 is 0 Å². The number of nitrogens with zero attached hydrogens (tertiary/aromatic N) is 2. The van der Waals surface area contributed by atoms with Crippen LogP contribution in [0.4, 0.5) is 0 Å². The fraction of sp³-hybridized carbons (Fsp3) is 0.500. The van der Waals surface area contributed by atoms with Crippen molar-refractivity contribution in [3.63, 3.8) is 0 Å². The van der Waals surface area contributed by atoms with Crippen LogP contribution < -0.4 is 5.32 Å². The number of rotatable bonds is 2. The van der Waals surface area contributed by atoms with Gasteiger partial charge in [-0.2, -0.15) is 0 Å². The number of aromatic amines is 1. The Bertz CT molecular complexity index is 622. The Hall–Kier alpha value is -1.91. The third kappa shape index (κ3) is 2.59. The summed E-state index contributed by atoms with van der Waals surface area (Å²) in [6, 6.07) is 0. The van der Waals surface area contributed by atoms with Gasteiger partial charge in [-0.3, -0.25) is 9.78 Å². The van der Waals surface area contributed by atoms with Gasteiger partial charge >= 0.3 is 0 Å². The van der Waals surface area contributed by atoms with Gasteiger partial charge in [0.2, 0.25) is 5.91 Å². The summed E-state index contributed by atoms with van der Waals surface area (Å²) in [5, 5.41) is 2.95. The molecule has 5 heteroatoms. The first-order valence-corrected chi connectivity index (χ1v) is 6.38. The minimum atomic E-state index is -0.392. The zero-order valence-corrected chi connectivity index (χ0v) is 12.1. The Morgan fingerprint density at radius 1 is 1.32 bits per heavy atom. The molecule has 102 valence electrons. The third-order valence-corrected chi connectivity index (χ3v) is 3.17. The van der Waals surface area contributed by atoms with Crippen LogP contribution in [0.1, 0.15) is 37.7 Å². The number of hydrogen-bond donors (Lipinski definition) is 2. The Morgan fingerprint density at radius 3 is 2.63 bits per heavy atom. The van der Waals surface area contributed by atoms with E-state index in [-0.39, 0.29) is 5.91 Å². The van der Waals surface area contributed by atoms with Gasteiger partial charge in [0, 0.05) is 23.2 Å². The SMILES string of the molecule is Cc1nc(C)c2[nH]cnc2c1CNC(=O)C(C)(C)C. The summed E-state index contributed by atoms with van der Waals surface area (Å²) in [6.07, 6.45) is 1.66. The summed E-state index contributed by atoms with van der Waals surface area (Å²) in [5.74, 6) is 0.0242. The van der Waals surface area contributed by atoms with Gasteiger partial charge in [0.1, 0.15) is 0 Å². The van der Waals surface area contributed by atoms with Gasteiger partial charge in [-0.15, -0.1) is 0 Å². The topological polar surface area (TPSA) is 70.7 Å². The van der Waals surface area contributed by atoms with Crippen molar-refractivity contribution in [3.8, 4) is 0 Å². The zero-order chi connectivity index (χ0) is 14.2. The van der Waals surface area contributed by atoms with Crippen molar-refractivity contribution < 1.29 is 4.79 Å². The van der Waals surface area contributed by atoms with Crippen LogP contribution in [0.25, 0.3) is 11.0 Å². The van der Waals surface area contributed by atoms with E-state index in [1.807, 2.05) is 34.6 Å². The highest BCUT2D eigenvalue weighted by Gasteiger charge is 2.21. The van der Waals surface area contributed by atoms with Crippen LogP contribution in [0.3, 0.4) is 0 Å². The van der Waals surface area contributed by atoms with Gasteiger partial charge in [0.15, 0.2) is 0 Å². The van der Waals surface area contributed by atoms with Gasteiger partial charge in [-0.1, -0.05) is 20.8 Å². The lowest BCUT2D eigenvalue weighted by atomic mass is 9.95. The normalized spacial score (nSPS) is 11.8. The van der Waals surface area contributed by atoms with Gasteiger partial charge in [-0.05, 0) is 13.8 Å². The first-order chi connectivity index (χ1) is 8.80. The van der Waals surface area contributed by atoms with E-state index >= 15 is 0 Å². The Kier molecular flexibility index (Phi) is 3.30. The van der Waals surface area contributed by atoms with E-state index in [0.29, 0.717) is 6.54 Å². The molecule has 0 radical (unpaired) electrons. The highest BCUT2D eigenvalue weighted by Crippen LogP contribution is 2.20. The largest absolute Gasteiger partial charge is 0.351 e. The molecule has 5 nitrogen and oxygen atoms in total. The number of pyridine rings is 1. The molecule has 0 saturated heterocycles. The monoisotopic (exact) mass is 260 g/mol. The molecule has 1 amide bonds. The zero-order valence-electron chi connectivity index (χ0n) is 12.1. The second-order valence-electron chi connectivity index (χ2n) is 5.82. The smallest absolute Gasteiger partial charge is 0.225 e. The van der Waals surface area contributed by atoms with Gasteiger partial charge in [-0.25, -0.2) is 4.98 Å². The van der Waals surface area contributed by atoms with Crippen LogP contribution in [-0.2, 0) is 11.3 Å². The summed E-state index contributed by atoms with van der Waals surface area (Å²) in [7, 11) is 0. The molecular formula is C14H20N4O. The van der Waals surface area contributed by atoms with Crippen LogP contribution in [0.5, 0.6) is 0 Å². The number of carbonyl (C=O) groups is 1. The number of carbonyl (C=O) groups excluding carboxylic acids is 1. The fourth-order valence-electron chi connectivity index (χ4n) is 1.99. The molecular weight excluding hydrogens is 240 g/mol. The first-order valence-electron chi connectivity index (χ1n) is 6.38. The molecule has 0 saturated carbocycles. The minimum absolute atomic E-state index is 0.0242. The van der Waals surface area contributed by atoms with Crippen molar-refractivity contribution in [1.29, 1.82) is 0 Å². The molecule has 0 spiro atoms. The molecule has 0 fully saturated rings. The predicted molar refractivity (Wildman–Crippen MR) is 74.7 cm³/mol. The van der Waals surface area contributed by atoms with E-state index in [9.17, 15) is 4.79 Å². The maximum absolute atomic E-state index is 11.9. The summed E-state index contributed by atoms with van der Waals surface area (Å²) in [6.45, 7) is 10.0. The molecule has 0 aliphatic heterocycles. The average molecular weight is 260 g/mol. The van der Waals surface area contributed by atoms with Crippen LogP contribution in [0.2, 0.25) is 0 Å². The Labute approximate surface area is 112 Å². The number of fused-ring (bicyclic) bond motifs is 1. The molecule has 0 atom stereocenters. The maximum Gasteiger partial charge on any atom is 0.225 e. The third-order valence-electron chi connectivity index (χ3n) is 3.17. The number of aryl methyl sites for hydroxylation is 2. The second kappa shape index (κ2) is 4.64. The van der Waals surface area contributed by atoms with Gasteiger partial charge < -0.3 is 10.3 Å². The Morgan fingerprint density at radius 2 is 2.00 bits per heavy atom. The van der Waals surface area contributed by atoms with E-state index < -0.39 is 5.41 Å². The standard InChI is InChI=1S/C14H20N4O/c1-8-10(6-15-13(19)14(3,4)5)12-11(9(2)18-8)16-7-17-12/h7H,6H2,1-5H3,(H,15,19)(H,16,17). The van der Waals surface area contributed by atoms with E-state index in [2.05, 4.69) is 20.3 Å². The molecule has 2 rings (SSSR count). The highest BCUT2D eigenvalue weighted by atomic mass is 16.2. The lowest BCUT2D eigenvalue weighted by molar-refractivity contribution is -0.128. The van der Waals surface area contributed by atoms with Crippen molar-refractivity contribution in [2.45, 2.75) is 41.2 Å². The summed E-state index contributed by atoms with van der Waals surface area (Å²) < 4.78 is 0. The van der Waals surface area contributed by atoms with Crippen molar-refractivity contribution in [1.82, 2.24) is 20.3 Å².